The van der Waals surface area contributed by atoms with Crippen LogP contribution >= 0.6 is 0 Å². The van der Waals surface area contributed by atoms with Crippen LogP contribution in [0.15, 0.2) is 54.6 Å². The van der Waals surface area contributed by atoms with E-state index >= 15 is 0 Å². The third kappa shape index (κ3) is 5.19. The maximum atomic E-state index is 13.8. The number of halogens is 1. The van der Waals surface area contributed by atoms with E-state index in [1.165, 1.54) is 18.2 Å². The summed E-state index contributed by atoms with van der Waals surface area (Å²) in [5.41, 5.74) is 5.99. The van der Waals surface area contributed by atoms with Crippen LogP contribution in [0.4, 0.5) is 4.39 Å². The molecule has 0 fully saturated rings. The van der Waals surface area contributed by atoms with Gasteiger partial charge in [-0.2, -0.15) is 0 Å². The van der Waals surface area contributed by atoms with Gasteiger partial charge in [0.2, 0.25) is 0 Å². The fraction of sp³-hybridized carbons (Fsp3) is 0.333. The lowest BCUT2D eigenvalue weighted by atomic mass is 9.83. The quantitative estimate of drug-likeness (QED) is 0.452. The first-order valence-corrected chi connectivity index (χ1v) is 12.1. The maximum absolute atomic E-state index is 13.8. The Balaban J connectivity index is 1.84. The molecule has 188 valence electrons. The van der Waals surface area contributed by atoms with Crippen molar-refractivity contribution in [2.45, 2.75) is 65.8 Å². The fourth-order valence-corrected chi connectivity index (χ4v) is 5.01. The van der Waals surface area contributed by atoms with Crippen molar-refractivity contribution in [3.63, 3.8) is 0 Å². The topological polar surface area (TPSA) is 66.8 Å². The zero-order valence-corrected chi connectivity index (χ0v) is 21.4. The fourth-order valence-electron chi connectivity index (χ4n) is 5.01. The van der Waals surface area contributed by atoms with E-state index in [1.54, 1.807) is 11.0 Å². The van der Waals surface area contributed by atoms with Crippen molar-refractivity contribution in [1.82, 2.24) is 4.90 Å². The Kier molecular flexibility index (Phi) is 7.01. The Hall–Kier alpha value is -3.51. The van der Waals surface area contributed by atoms with Crippen LogP contribution in [-0.4, -0.2) is 27.5 Å². The second kappa shape index (κ2) is 9.86. The Morgan fingerprint density at radius 3 is 2.22 bits per heavy atom. The molecule has 1 N–H and O–H groups in total. The van der Waals surface area contributed by atoms with Gasteiger partial charge in [0.15, 0.2) is 6.10 Å². The average molecular weight is 490 g/mol. The summed E-state index contributed by atoms with van der Waals surface area (Å²) in [6.45, 7) is 10.2. The van der Waals surface area contributed by atoms with Crippen molar-refractivity contribution >= 4 is 11.9 Å². The van der Waals surface area contributed by atoms with Gasteiger partial charge in [-0.25, -0.2) is 9.18 Å². The van der Waals surface area contributed by atoms with E-state index in [0.29, 0.717) is 30.6 Å². The minimum absolute atomic E-state index is 0.253. The lowest BCUT2D eigenvalue weighted by Crippen LogP contribution is -2.29. The molecule has 3 aromatic rings. The van der Waals surface area contributed by atoms with Gasteiger partial charge in [-0.1, -0.05) is 36.4 Å². The Bertz CT molecular complexity index is 1310. The van der Waals surface area contributed by atoms with Gasteiger partial charge in [-0.3, -0.25) is 4.79 Å². The van der Waals surface area contributed by atoms with Gasteiger partial charge in [0, 0.05) is 18.7 Å². The van der Waals surface area contributed by atoms with Gasteiger partial charge >= 0.3 is 5.97 Å². The zero-order valence-electron chi connectivity index (χ0n) is 21.4. The van der Waals surface area contributed by atoms with Crippen LogP contribution in [0.25, 0.3) is 0 Å². The van der Waals surface area contributed by atoms with E-state index in [1.807, 2.05) is 65.0 Å². The average Bonchev–Trinajstić information content (AvgIpc) is 3.27. The molecule has 1 amide bonds. The molecular formula is C30H32FNO4. The second-order valence-corrected chi connectivity index (χ2v) is 10.4. The molecule has 0 unspecified atom stereocenters. The molecule has 0 radical (unpaired) electrons. The Morgan fingerprint density at radius 1 is 1.00 bits per heavy atom. The second-order valence-electron chi connectivity index (χ2n) is 10.4. The number of rotatable bonds is 6. The molecule has 1 atom stereocenters. The van der Waals surface area contributed by atoms with Crippen LogP contribution in [-0.2, 0) is 29.0 Å². The number of carboxylic acids is 1. The number of hydrogen-bond acceptors (Lipinski definition) is 3. The van der Waals surface area contributed by atoms with E-state index < -0.39 is 23.5 Å². The van der Waals surface area contributed by atoms with Crippen molar-refractivity contribution < 1.29 is 23.8 Å². The van der Waals surface area contributed by atoms with Crippen molar-refractivity contribution in [3.8, 4) is 0 Å². The molecule has 1 heterocycles. The molecule has 1 aliphatic heterocycles. The number of ether oxygens (including phenoxy) is 1. The molecule has 1 aliphatic rings. The van der Waals surface area contributed by atoms with Crippen LogP contribution in [0.2, 0.25) is 0 Å². The molecule has 5 nitrogen and oxygen atoms in total. The molecule has 0 spiro atoms. The minimum atomic E-state index is -1.15. The summed E-state index contributed by atoms with van der Waals surface area (Å²) in [5.74, 6) is -1.76. The van der Waals surface area contributed by atoms with Gasteiger partial charge in [-0.15, -0.1) is 0 Å². The van der Waals surface area contributed by atoms with E-state index in [9.17, 15) is 19.1 Å². The number of carboxylic acid groups (broad SMARTS) is 1. The van der Waals surface area contributed by atoms with E-state index in [2.05, 4.69) is 0 Å². The van der Waals surface area contributed by atoms with Crippen molar-refractivity contribution in [1.29, 1.82) is 0 Å². The number of hydrogen-bond donors (Lipinski definition) is 1. The van der Waals surface area contributed by atoms with Crippen LogP contribution in [0.1, 0.15) is 76.2 Å². The van der Waals surface area contributed by atoms with Gasteiger partial charge in [0.1, 0.15) is 5.82 Å². The molecule has 0 saturated carbocycles. The maximum Gasteiger partial charge on any atom is 0.337 e. The standard InChI is InChI=1S/C30H32FNO4/c1-18-23(14-20-10-7-6-8-11-20)26(27(29(34)35)36-30(3,4)5)19(2)25-17-32(16-24(18)25)28(33)21-12-9-13-22(31)15-21/h6-13,15,27H,14,16-17H2,1-5H3,(H,34,35)/t27-/m0/s1. The SMILES string of the molecule is Cc1c2c(c(C)c([C@H](OC(C)(C)C)C(=O)O)c1Cc1ccccc1)CN(C(=O)c1cccc(F)c1)C2. The summed E-state index contributed by atoms with van der Waals surface area (Å²) in [6.07, 6.45) is -0.605. The number of benzene rings is 3. The minimum Gasteiger partial charge on any atom is -0.479 e. The molecule has 0 aliphatic carbocycles. The summed E-state index contributed by atoms with van der Waals surface area (Å²) in [6, 6.07) is 15.6. The van der Waals surface area contributed by atoms with Crippen LogP contribution in [0.3, 0.4) is 0 Å². The molecule has 0 bridgehead atoms. The first-order valence-electron chi connectivity index (χ1n) is 12.1. The zero-order chi connectivity index (χ0) is 26.2. The highest BCUT2D eigenvalue weighted by Crippen LogP contribution is 2.40. The largest absolute Gasteiger partial charge is 0.479 e. The highest BCUT2D eigenvalue weighted by atomic mass is 19.1. The predicted molar refractivity (Wildman–Crippen MR) is 136 cm³/mol. The van der Waals surface area contributed by atoms with Gasteiger partial charge in [0.05, 0.1) is 5.60 Å². The molecule has 6 heteroatoms. The van der Waals surface area contributed by atoms with Crippen molar-refractivity contribution in [2.75, 3.05) is 0 Å². The summed E-state index contributed by atoms with van der Waals surface area (Å²) in [4.78, 5) is 27.4. The predicted octanol–water partition coefficient (Wildman–Crippen LogP) is 6.13. The highest BCUT2D eigenvalue weighted by molar-refractivity contribution is 5.94. The number of aliphatic carboxylic acids is 1. The first kappa shape index (κ1) is 25.6. The highest BCUT2D eigenvalue weighted by Gasteiger charge is 2.36. The van der Waals surface area contributed by atoms with Crippen LogP contribution in [0.5, 0.6) is 0 Å². The Morgan fingerprint density at radius 2 is 1.64 bits per heavy atom. The third-order valence-electron chi connectivity index (χ3n) is 6.69. The number of carbonyl (C=O) groups excluding carboxylic acids is 1. The lowest BCUT2D eigenvalue weighted by Gasteiger charge is -2.29. The number of fused-ring (bicyclic) bond motifs is 1. The Labute approximate surface area is 211 Å². The van der Waals surface area contributed by atoms with Gasteiger partial charge in [-0.05, 0) is 98.2 Å². The van der Waals surface area contributed by atoms with Gasteiger partial charge < -0.3 is 14.7 Å². The normalized spacial score (nSPS) is 14.0. The van der Waals surface area contributed by atoms with Crippen molar-refractivity contribution in [2.24, 2.45) is 0 Å². The number of amides is 1. The molecule has 4 rings (SSSR count). The number of carbonyl (C=O) groups is 2. The van der Waals surface area contributed by atoms with Crippen molar-refractivity contribution in [3.05, 3.63) is 105 Å². The van der Waals surface area contributed by atoms with Gasteiger partial charge in [0.25, 0.3) is 5.91 Å². The monoisotopic (exact) mass is 489 g/mol. The molecule has 36 heavy (non-hydrogen) atoms. The first-order chi connectivity index (χ1) is 17.0. The summed E-state index contributed by atoms with van der Waals surface area (Å²) in [7, 11) is 0. The van der Waals surface area contributed by atoms with Crippen LogP contribution < -0.4 is 0 Å². The van der Waals surface area contributed by atoms with E-state index in [0.717, 1.165) is 33.4 Å². The molecular weight excluding hydrogens is 457 g/mol. The molecule has 3 aromatic carbocycles. The molecule has 0 aromatic heterocycles. The number of nitrogens with zero attached hydrogens (tertiary/aromatic N) is 1. The summed E-state index contributed by atoms with van der Waals surface area (Å²) < 4.78 is 19.9. The van der Waals surface area contributed by atoms with E-state index in [-0.39, 0.29) is 5.91 Å². The third-order valence-corrected chi connectivity index (χ3v) is 6.69. The summed E-state index contributed by atoms with van der Waals surface area (Å²) >= 11 is 0. The van der Waals surface area contributed by atoms with Crippen LogP contribution in [0, 0.1) is 19.7 Å². The smallest absolute Gasteiger partial charge is 0.337 e. The molecule has 0 saturated heterocycles. The summed E-state index contributed by atoms with van der Waals surface area (Å²) in [5, 5.41) is 10.2. The lowest BCUT2D eigenvalue weighted by molar-refractivity contribution is -0.160. The van der Waals surface area contributed by atoms with E-state index in [4.69, 9.17) is 4.74 Å².